The van der Waals surface area contributed by atoms with E-state index in [1.54, 1.807) is 10.4 Å². The topological polar surface area (TPSA) is 37.4 Å². The molecule has 2 aromatic rings. The molecule has 0 atom stereocenters. The lowest BCUT2D eigenvalue weighted by molar-refractivity contribution is 0.272. The predicted molar refractivity (Wildman–Crippen MR) is 105 cm³/mol. The summed E-state index contributed by atoms with van der Waals surface area (Å²) < 4.78 is 28.6. The Bertz CT molecular complexity index is 841. The molecular weight excluding hydrogens is 398 g/mol. The summed E-state index contributed by atoms with van der Waals surface area (Å²) in [7, 11) is -3.42. The second kappa shape index (κ2) is 7.60. The largest absolute Gasteiger partial charge is 0.243 e. The number of halogens is 1. The average molecular weight is 422 g/mol. The summed E-state index contributed by atoms with van der Waals surface area (Å²) >= 11 is 3.46. The second-order valence-corrected chi connectivity index (χ2v) is 9.66. The molecule has 1 saturated heterocycles. The molecule has 1 aliphatic heterocycles. The zero-order valence-electron chi connectivity index (χ0n) is 14.7. The van der Waals surface area contributed by atoms with Crippen LogP contribution in [0.4, 0.5) is 0 Å². The normalized spacial score (nSPS) is 16.9. The summed E-state index contributed by atoms with van der Waals surface area (Å²) in [4.78, 5) is 0.423. The molecule has 134 valence electrons. The first-order chi connectivity index (χ1) is 11.9. The van der Waals surface area contributed by atoms with E-state index in [1.807, 2.05) is 26.0 Å². The molecule has 2 aromatic carbocycles. The van der Waals surface area contributed by atoms with Gasteiger partial charge in [0.25, 0.3) is 0 Å². The highest BCUT2D eigenvalue weighted by molar-refractivity contribution is 9.10. The molecule has 0 unspecified atom stereocenters. The summed E-state index contributed by atoms with van der Waals surface area (Å²) in [5, 5.41) is 0. The second-order valence-electron chi connectivity index (χ2n) is 6.90. The lowest BCUT2D eigenvalue weighted by atomic mass is 9.91. The Kier molecular flexibility index (Phi) is 5.66. The first kappa shape index (κ1) is 18.6. The van der Waals surface area contributed by atoms with E-state index in [0.717, 1.165) is 34.9 Å². The third-order valence-electron chi connectivity index (χ3n) is 5.01. The van der Waals surface area contributed by atoms with E-state index in [4.69, 9.17) is 0 Å². The van der Waals surface area contributed by atoms with E-state index in [9.17, 15) is 8.42 Å². The van der Waals surface area contributed by atoms with E-state index in [1.165, 1.54) is 5.56 Å². The molecule has 1 fully saturated rings. The fraction of sp³-hybridized carbons (Fsp3) is 0.400. The van der Waals surface area contributed by atoms with Crippen LogP contribution in [0.1, 0.15) is 29.5 Å². The summed E-state index contributed by atoms with van der Waals surface area (Å²) in [6, 6.07) is 14.1. The maximum absolute atomic E-state index is 13.0. The minimum atomic E-state index is -3.42. The molecule has 0 amide bonds. The molecule has 0 radical (unpaired) electrons. The van der Waals surface area contributed by atoms with Gasteiger partial charge >= 0.3 is 0 Å². The number of rotatable bonds is 4. The Balaban J connectivity index is 1.71. The first-order valence-electron chi connectivity index (χ1n) is 8.69. The Morgan fingerprint density at radius 2 is 1.68 bits per heavy atom. The number of piperidine rings is 1. The van der Waals surface area contributed by atoms with Crippen LogP contribution >= 0.6 is 15.9 Å². The van der Waals surface area contributed by atoms with E-state index < -0.39 is 10.0 Å². The van der Waals surface area contributed by atoms with Crippen molar-refractivity contribution in [1.29, 1.82) is 0 Å². The molecule has 0 spiro atoms. The summed E-state index contributed by atoms with van der Waals surface area (Å²) in [6.45, 7) is 5.05. The third-order valence-corrected chi connectivity index (χ3v) is 7.91. The van der Waals surface area contributed by atoms with E-state index >= 15 is 0 Å². The van der Waals surface area contributed by atoms with Crippen LogP contribution in [0, 0.1) is 19.8 Å². The Morgan fingerprint density at radius 1 is 1.04 bits per heavy atom. The minimum Gasteiger partial charge on any atom is -0.207 e. The highest BCUT2D eigenvalue weighted by Gasteiger charge is 2.30. The van der Waals surface area contributed by atoms with Gasteiger partial charge in [-0.25, -0.2) is 8.42 Å². The van der Waals surface area contributed by atoms with Crippen molar-refractivity contribution in [2.45, 2.75) is 38.0 Å². The van der Waals surface area contributed by atoms with Crippen LogP contribution in [0.3, 0.4) is 0 Å². The molecule has 5 heteroatoms. The average Bonchev–Trinajstić information content (AvgIpc) is 2.59. The van der Waals surface area contributed by atoms with Gasteiger partial charge < -0.3 is 0 Å². The van der Waals surface area contributed by atoms with Crippen molar-refractivity contribution < 1.29 is 8.42 Å². The summed E-state index contributed by atoms with van der Waals surface area (Å²) in [6.07, 6.45) is 2.87. The lowest BCUT2D eigenvalue weighted by Crippen LogP contribution is -2.39. The quantitative estimate of drug-likeness (QED) is 0.716. The monoisotopic (exact) mass is 421 g/mol. The molecule has 0 aromatic heterocycles. The zero-order valence-corrected chi connectivity index (χ0v) is 17.1. The first-order valence-corrected chi connectivity index (χ1v) is 10.9. The van der Waals surface area contributed by atoms with E-state index in [0.29, 0.717) is 23.9 Å². The van der Waals surface area contributed by atoms with Crippen molar-refractivity contribution in [3.05, 3.63) is 63.6 Å². The molecule has 0 N–H and O–H groups in total. The number of sulfonamides is 1. The van der Waals surface area contributed by atoms with Crippen molar-refractivity contribution in [1.82, 2.24) is 4.31 Å². The Hall–Kier alpha value is -1.17. The van der Waals surface area contributed by atoms with Crippen LogP contribution in [-0.4, -0.2) is 25.8 Å². The molecular formula is C20H24BrNO2S. The van der Waals surface area contributed by atoms with Crippen LogP contribution in [0.5, 0.6) is 0 Å². The van der Waals surface area contributed by atoms with Crippen molar-refractivity contribution in [2.24, 2.45) is 5.92 Å². The molecule has 3 nitrogen and oxygen atoms in total. The fourth-order valence-electron chi connectivity index (χ4n) is 3.53. The van der Waals surface area contributed by atoms with Gasteiger partial charge in [0.2, 0.25) is 10.0 Å². The van der Waals surface area contributed by atoms with Gasteiger partial charge in [-0.2, -0.15) is 4.31 Å². The molecule has 25 heavy (non-hydrogen) atoms. The molecule has 1 heterocycles. The van der Waals surface area contributed by atoms with Crippen molar-refractivity contribution in [3.8, 4) is 0 Å². The third kappa shape index (κ3) is 4.15. The number of nitrogens with zero attached hydrogens (tertiary/aromatic N) is 1. The summed E-state index contributed by atoms with van der Waals surface area (Å²) in [5.74, 6) is 0.555. The van der Waals surface area contributed by atoms with Crippen LogP contribution < -0.4 is 0 Å². The van der Waals surface area contributed by atoms with Gasteiger partial charge in [0.05, 0.1) is 4.90 Å². The van der Waals surface area contributed by atoms with E-state index in [-0.39, 0.29) is 0 Å². The maximum Gasteiger partial charge on any atom is 0.243 e. The van der Waals surface area contributed by atoms with Gasteiger partial charge in [-0.1, -0.05) is 52.3 Å². The summed E-state index contributed by atoms with van der Waals surface area (Å²) in [5.41, 5.74) is 3.20. The van der Waals surface area contributed by atoms with Crippen molar-refractivity contribution >= 4 is 26.0 Å². The van der Waals surface area contributed by atoms with Crippen LogP contribution in [0.15, 0.2) is 51.8 Å². The number of aryl methyl sites for hydroxylation is 2. The molecule has 0 bridgehead atoms. The molecule has 0 aliphatic carbocycles. The van der Waals surface area contributed by atoms with Crippen LogP contribution in [0.2, 0.25) is 0 Å². The Morgan fingerprint density at radius 3 is 2.32 bits per heavy atom. The SMILES string of the molecule is Cc1cc(C)c(S(=O)(=O)N2CCC(Cc3ccccc3)CC2)cc1Br. The van der Waals surface area contributed by atoms with Crippen molar-refractivity contribution in [2.75, 3.05) is 13.1 Å². The van der Waals surface area contributed by atoms with Crippen molar-refractivity contribution in [3.63, 3.8) is 0 Å². The van der Waals surface area contributed by atoms with Crippen LogP contribution in [0.25, 0.3) is 0 Å². The predicted octanol–water partition coefficient (Wildman–Crippen LogP) is 4.71. The number of benzene rings is 2. The van der Waals surface area contributed by atoms with Gasteiger partial charge in [0.15, 0.2) is 0 Å². The maximum atomic E-state index is 13.0. The fourth-order valence-corrected chi connectivity index (χ4v) is 5.72. The Labute approximate surface area is 159 Å². The van der Waals surface area contributed by atoms with Gasteiger partial charge in [-0.3, -0.25) is 0 Å². The zero-order chi connectivity index (χ0) is 18.0. The molecule has 3 rings (SSSR count). The highest BCUT2D eigenvalue weighted by atomic mass is 79.9. The van der Waals surface area contributed by atoms with Crippen LogP contribution in [-0.2, 0) is 16.4 Å². The van der Waals surface area contributed by atoms with Gasteiger partial charge in [-0.05, 0) is 61.8 Å². The number of hydrogen-bond donors (Lipinski definition) is 0. The molecule has 1 aliphatic rings. The number of hydrogen-bond acceptors (Lipinski definition) is 2. The standard InChI is InChI=1S/C20H24BrNO2S/c1-15-12-16(2)20(14-19(15)21)25(23,24)22-10-8-18(9-11-22)13-17-6-4-3-5-7-17/h3-7,12,14,18H,8-11,13H2,1-2H3. The highest BCUT2D eigenvalue weighted by Crippen LogP contribution is 2.30. The van der Waals surface area contributed by atoms with E-state index in [2.05, 4.69) is 40.2 Å². The minimum absolute atomic E-state index is 0.423. The van der Waals surface area contributed by atoms with Gasteiger partial charge in [0, 0.05) is 17.6 Å². The lowest BCUT2D eigenvalue weighted by Gasteiger charge is -2.31. The smallest absolute Gasteiger partial charge is 0.207 e. The molecule has 0 saturated carbocycles. The van der Waals surface area contributed by atoms with Gasteiger partial charge in [0.1, 0.15) is 0 Å². The van der Waals surface area contributed by atoms with Gasteiger partial charge in [-0.15, -0.1) is 0 Å².